The van der Waals surface area contributed by atoms with Crippen molar-refractivity contribution in [2.75, 3.05) is 6.54 Å². The third-order valence-electron chi connectivity index (χ3n) is 6.34. The minimum absolute atomic E-state index is 0.0327. The highest BCUT2D eigenvalue weighted by Gasteiger charge is 2.21. The second-order valence-electron chi connectivity index (χ2n) is 9.66. The van der Waals surface area contributed by atoms with Crippen molar-refractivity contribution in [3.8, 4) is 17.1 Å². The molecule has 1 amide bonds. The van der Waals surface area contributed by atoms with Crippen LogP contribution in [0.1, 0.15) is 67.0 Å². The highest BCUT2D eigenvalue weighted by atomic mass is 35.5. The van der Waals surface area contributed by atoms with Crippen molar-refractivity contribution in [3.05, 3.63) is 67.6 Å². The Morgan fingerprint density at radius 2 is 1.97 bits per heavy atom. The SMILES string of the molecule is Cc1c(C(=O)NCC(C)C)cc(-c2csc(COc3cc(Cl)cc(Cl)c3)n2)n1CCC1=CCCCC1. The fourth-order valence-electron chi connectivity index (χ4n) is 4.41. The van der Waals surface area contributed by atoms with Crippen LogP contribution in [0.25, 0.3) is 11.4 Å². The van der Waals surface area contributed by atoms with E-state index in [1.165, 1.54) is 42.6 Å². The minimum Gasteiger partial charge on any atom is -0.486 e. The molecule has 0 atom stereocenters. The van der Waals surface area contributed by atoms with Gasteiger partial charge in [-0.25, -0.2) is 4.98 Å². The fourth-order valence-corrected chi connectivity index (χ4v) is 5.61. The summed E-state index contributed by atoms with van der Waals surface area (Å²) < 4.78 is 8.13. The van der Waals surface area contributed by atoms with Crippen molar-refractivity contribution < 1.29 is 9.53 Å². The molecule has 0 radical (unpaired) electrons. The number of thiazole rings is 1. The van der Waals surface area contributed by atoms with Gasteiger partial charge in [-0.1, -0.05) is 48.7 Å². The monoisotopic (exact) mass is 545 g/mol. The molecule has 2 aromatic heterocycles. The van der Waals surface area contributed by atoms with Crippen LogP contribution in [-0.2, 0) is 13.2 Å². The third-order valence-corrected chi connectivity index (χ3v) is 7.59. The van der Waals surface area contributed by atoms with Crippen LogP contribution in [0.4, 0.5) is 0 Å². The van der Waals surface area contributed by atoms with E-state index < -0.39 is 0 Å². The van der Waals surface area contributed by atoms with E-state index in [9.17, 15) is 4.79 Å². The van der Waals surface area contributed by atoms with Crippen molar-refractivity contribution in [3.63, 3.8) is 0 Å². The molecule has 0 bridgehead atoms. The predicted molar refractivity (Wildman–Crippen MR) is 149 cm³/mol. The Hall–Kier alpha value is -2.28. The Morgan fingerprint density at radius 3 is 2.67 bits per heavy atom. The highest BCUT2D eigenvalue weighted by molar-refractivity contribution is 7.09. The van der Waals surface area contributed by atoms with Gasteiger partial charge >= 0.3 is 0 Å². The number of aromatic nitrogens is 2. The largest absolute Gasteiger partial charge is 0.486 e. The van der Waals surface area contributed by atoms with Gasteiger partial charge in [0.25, 0.3) is 5.91 Å². The van der Waals surface area contributed by atoms with Gasteiger partial charge in [0.1, 0.15) is 17.4 Å². The number of ether oxygens (including phenoxy) is 1. The summed E-state index contributed by atoms with van der Waals surface area (Å²) in [7, 11) is 0. The van der Waals surface area contributed by atoms with Crippen LogP contribution < -0.4 is 10.1 Å². The smallest absolute Gasteiger partial charge is 0.253 e. The molecular formula is C28H33Cl2N3O2S. The molecule has 192 valence electrons. The summed E-state index contributed by atoms with van der Waals surface area (Å²) in [4.78, 5) is 17.8. The number of hydrogen-bond donors (Lipinski definition) is 1. The summed E-state index contributed by atoms with van der Waals surface area (Å²) in [5.41, 5.74) is 5.02. The predicted octanol–water partition coefficient (Wildman–Crippen LogP) is 8.08. The highest BCUT2D eigenvalue weighted by Crippen LogP contribution is 2.30. The molecule has 0 spiro atoms. The molecule has 4 rings (SSSR count). The number of nitrogens with zero attached hydrogens (tertiary/aromatic N) is 2. The number of benzene rings is 1. The van der Waals surface area contributed by atoms with E-state index in [4.69, 9.17) is 32.9 Å². The Bertz CT molecular complexity index is 1230. The standard InChI is InChI=1S/C28H33Cl2N3O2S/c1-18(2)15-31-28(34)24-14-26(33(19(24)3)10-9-20-7-5-4-6-8-20)25-17-36-27(32-25)16-35-23-12-21(29)11-22(30)13-23/h7,11-14,17-18H,4-6,8-10,15-16H2,1-3H3,(H,31,34). The number of carbonyl (C=O) groups is 1. The van der Waals surface area contributed by atoms with Gasteiger partial charge in [-0.05, 0) is 69.2 Å². The van der Waals surface area contributed by atoms with Gasteiger partial charge in [0.05, 0.1) is 17.0 Å². The Kier molecular flexibility index (Phi) is 9.15. The summed E-state index contributed by atoms with van der Waals surface area (Å²) in [6.07, 6.45) is 8.26. The molecule has 8 heteroatoms. The van der Waals surface area contributed by atoms with Crippen LogP contribution in [0.15, 0.2) is 41.3 Å². The maximum Gasteiger partial charge on any atom is 0.253 e. The van der Waals surface area contributed by atoms with Crippen molar-refractivity contribution in [1.29, 1.82) is 0 Å². The van der Waals surface area contributed by atoms with Crippen LogP contribution in [-0.4, -0.2) is 22.0 Å². The average Bonchev–Trinajstić information content (AvgIpc) is 3.44. The fraction of sp³-hybridized carbons (Fsp3) is 0.429. The normalized spacial score (nSPS) is 13.7. The molecule has 3 aromatic rings. The number of nitrogens with one attached hydrogen (secondary N) is 1. The zero-order chi connectivity index (χ0) is 25.7. The molecule has 0 fully saturated rings. The molecule has 1 aliphatic carbocycles. The number of amides is 1. The van der Waals surface area contributed by atoms with Gasteiger partial charge in [-0.15, -0.1) is 11.3 Å². The van der Waals surface area contributed by atoms with Crippen molar-refractivity contribution >= 4 is 40.4 Å². The number of rotatable bonds is 10. The van der Waals surface area contributed by atoms with E-state index in [2.05, 4.69) is 29.8 Å². The number of carbonyl (C=O) groups excluding carboxylic acids is 1. The molecule has 0 saturated heterocycles. The van der Waals surface area contributed by atoms with Crippen molar-refractivity contribution in [2.45, 2.75) is 66.0 Å². The second kappa shape index (κ2) is 12.3. The van der Waals surface area contributed by atoms with Gasteiger partial charge in [0.15, 0.2) is 0 Å². The summed E-state index contributed by atoms with van der Waals surface area (Å²) in [5.74, 6) is 0.965. The first kappa shape index (κ1) is 26.8. The van der Waals surface area contributed by atoms with E-state index in [1.807, 2.05) is 18.4 Å². The molecule has 1 N–H and O–H groups in total. The third kappa shape index (κ3) is 6.93. The van der Waals surface area contributed by atoms with Gasteiger partial charge in [0.2, 0.25) is 0 Å². The lowest BCUT2D eigenvalue weighted by atomic mass is 9.97. The molecule has 1 aromatic carbocycles. The Labute approximate surface area is 227 Å². The lowest BCUT2D eigenvalue weighted by Gasteiger charge is -2.16. The number of halogens is 2. The van der Waals surface area contributed by atoms with Gasteiger partial charge < -0.3 is 14.6 Å². The lowest BCUT2D eigenvalue weighted by molar-refractivity contribution is 0.0948. The van der Waals surface area contributed by atoms with E-state index in [0.717, 1.165) is 35.1 Å². The first-order valence-electron chi connectivity index (χ1n) is 12.5. The number of allylic oxidation sites excluding steroid dienone is 2. The molecule has 0 saturated carbocycles. The summed E-state index contributed by atoms with van der Waals surface area (Å²) in [6.45, 7) is 8.01. The summed E-state index contributed by atoms with van der Waals surface area (Å²) in [6, 6.07) is 7.12. The quantitative estimate of drug-likeness (QED) is 0.262. The van der Waals surface area contributed by atoms with Crippen LogP contribution >= 0.6 is 34.5 Å². The molecule has 5 nitrogen and oxygen atoms in total. The first-order chi connectivity index (χ1) is 17.3. The first-order valence-corrected chi connectivity index (χ1v) is 14.1. The maximum absolute atomic E-state index is 13.0. The lowest BCUT2D eigenvalue weighted by Crippen LogP contribution is -2.27. The molecule has 0 unspecified atom stereocenters. The maximum atomic E-state index is 13.0. The van der Waals surface area contributed by atoms with Gasteiger partial charge in [-0.3, -0.25) is 4.79 Å². The van der Waals surface area contributed by atoms with Crippen molar-refractivity contribution in [2.24, 2.45) is 5.92 Å². The molecular weight excluding hydrogens is 513 g/mol. The van der Waals surface area contributed by atoms with E-state index in [1.54, 1.807) is 18.2 Å². The van der Waals surface area contributed by atoms with E-state index in [-0.39, 0.29) is 5.91 Å². The van der Waals surface area contributed by atoms with Crippen LogP contribution in [0.5, 0.6) is 5.75 Å². The van der Waals surface area contributed by atoms with Gasteiger partial charge in [-0.2, -0.15) is 0 Å². The Balaban J connectivity index is 1.56. The molecule has 2 heterocycles. The second-order valence-corrected chi connectivity index (χ2v) is 11.5. The minimum atomic E-state index is -0.0327. The zero-order valence-corrected chi connectivity index (χ0v) is 23.4. The number of hydrogen-bond acceptors (Lipinski definition) is 4. The van der Waals surface area contributed by atoms with E-state index in [0.29, 0.717) is 40.4 Å². The van der Waals surface area contributed by atoms with Crippen LogP contribution in [0.2, 0.25) is 10.0 Å². The average molecular weight is 547 g/mol. The summed E-state index contributed by atoms with van der Waals surface area (Å²) in [5, 5.41) is 7.00. The molecule has 0 aliphatic heterocycles. The molecule has 36 heavy (non-hydrogen) atoms. The zero-order valence-electron chi connectivity index (χ0n) is 21.1. The van der Waals surface area contributed by atoms with Gasteiger partial charge in [0, 0.05) is 34.2 Å². The van der Waals surface area contributed by atoms with Crippen LogP contribution in [0, 0.1) is 12.8 Å². The molecule has 1 aliphatic rings. The van der Waals surface area contributed by atoms with Crippen molar-refractivity contribution in [1.82, 2.24) is 14.9 Å². The summed E-state index contributed by atoms with van der Waals surface area (Å²) >= 11 is 13.7. The van der Waals surface area contributed by atoms with Crippen LogP contribution in [0.3, 0.4) is 0 Å². The Morgan fingerprint density at radius 1 is 1.19 bits per heavy atom. The topological polar surface area (TPSA) is 56.1 Å². The van der Waals surface area contributed by atoms with E-state index >= 15 is 0 Å².